The lowest BCUT2D eigenvalue weighted by atomic mass is 10.2. The molecule has 2 N–H and O–H groups in total. The molecule has 0 aliphatic rings. The first-order valence-corrected chi connectivity index (χ1v) is 7.89. The van der Waals surface area contributed by atoms with Crippen molar-refractivity contribution < 1.29 is 14.3 Å². The van der Waals surface area contributed by atoms with E-state index in [2.05, 4.69) is 10.6 Å². The smallest absolute Gasteiger partial charge is 0.265 e. The van der Waals surface area contributed by atoms with Crippen molar-refractivity contribution in [3.05, 3.63) is 54.1 Å². The summed E-state index contributed by atoms with van der Waals surface area (Å²) in [6.07, 6.45) is -0.00771. The Morgan fingerprint density at radius 1 is 0.958 bits per heavy atom. The molecule has 0 saturated carbocycles. The van der Waals surface area contributed by atoms with Crippen LogP contribution in [0.5, 0.6) is 5.75 Å². The predicted octanol–water partition coefficient (Wildman–Crippen LogP) is 3.75. The highest BCUT2D eigenvalue weighted by molar-refractivity contribution is 5.95. The molecule has 5 heteroatoms. The summed E-state index contributed by atoms with van der Waals surface area (Å²) in [7, 11) is 0. The fourth-order valence-electron chi connectivity index (χ4n) is 2.17. The van der Waals surface area contributed by atoms with Crippen LogP contribution in [0.3, 0.4) is 0 Å². The number of hydrogen-bond acceptors (Lipinski definition) is 3. The minimum Gasteiger partial charge on any atom is -0.481 e. The van der Waals surface area contributed by atoms with Crippen molar-refractivity contribution in [1.29, 1.82) is 0 Å². The molecule has 2 rings (SSSR count). The van der Waals surface area contributed by atoms with Crippen molar-refractivity contribution in [1.82, 2.24) is 0 Å². The molecule has 0 aromatic heterocycles. The molecule has 2 aromatic carbocycles. The number of carbonyl (C=O) groups excluding carboxylic acids is 2. The summed E-state index contributed by atoms with van der Waals surface area (Å²) in [4.78, 5) is 23.4. The zero-order chi connectivity index (χ0) is 17.5. The van der Waals surface area contributed by atoms with E-state index in [1.807, 2.05) is 38.1 Å². The van der Waals surface area contributed by atoms with Gasteiger partial charge in [-0.1, -0.05) is 24.6 Å². The lowest BCUT2D eigenvalue weighted by molar-refractivity contribution is -0.122. The van der Waals surface area contributed by atoms with Crippen molar-refractivity contribution in [2.75, 3.05) is 10.6 Å². The topological polar surface area (TPSA) is 67.4 Å². The van der Waals surface area contributed by atoms with Gasteiger partial charge < -0.3 is 15.4 Å². The monoisotopic (exact) mass is 326 g/mol. The fraction of sp³-hybridized carbons (Fsp3) is 0.263. The summed E-state index contributed by atoms with van der Waals surface area (Å²) in [5.74, 6) is 0.332. The van der Waals surface area contributed by atoms with Crippen molar-refractivity contribution in [3.8, 4) is 5.75 Å². The van der Waals surface area contributed by atoms with E-state index in [1.165, 1.54) is 6.92 Å². The van der Waals surface area contributed by atoms with E-state index in [0.29, 0.717) is 23.5 Å². The van der Waals surface area contributed by atoms with Crippen LogP contribution >= 0.6 is 0 Å². The maximum atomic E-state index is 12.4. The molecular weight excluding hydrogens is 304 g/mol. The summed E-state index contributed by atoms with van der Waals surface area (Å²) in [5.41, 5.74) is 2.47. The van der Waals surface area contributed by atoms with Gasteiger partial charge in [0.25, 0.3) is 5.91 Å². The first-order valence-electron chi connectivity index (χ1n) is 7.89. The lowest BCUT2D eigenvalue weighted by Crippen LogP contribution is -2.32. The highest BCUT2D eigenvalue weighted by Gasteiger charge is 2.18. The van der Waals surface area contributed by atoms with Crippen LogP contribution in [0, 0.1) is 6.92 Å². The molecular formula is C19H22N2O3. The van der Waals surface area contributed by atoms with Gasteiger partial charge in [-0.15, -0.1) is 0 Å². The average Bonchev–Trinajstić information content (AvgIpc) is 2.55. The van der Waals surface area contributed by atoms with Gasteiger partial charge >= 0.3 is 0 Å². The Morgan fingerprint density at radius 2 is 1.50 bits per heavy atom. The quantitative estimate of drug-likeness (QED) is 0.849. The maximum absolute atomic E-state index is 12.4. The standard InChI is InChI=1S/C19H22N2O3/c1-4-18(24-17-11-5-13(2)6-12-17)19(23)21-16-9-7-15(8-10-16)20-14(3)22/h5-12,18H,4H2,1-3H3,(H,20,22)(H,21,23)/t18-/m1/s1. The van der Waals surface area contributed by atoms with Crippen molar-refractivity contribution in [3.63, 3.8) is 0 Å². The van der Waals surface area contributed by atoms with Gasteiger partial charge in [0, 0.05) is 18.3 Å². The summed E-state index contributed by atoms with van der Waals surface area (Å²) in [6.45, 7) is 5.35. The minimum atomic E-state index is -0.567. The molecule has 24 heavy (non-hydrogen) atoms. The Labute approximate surface area is 142 Å². The third kappa shape index (κ3) is 5.12. The van der Waals surface area contributed by atoms with Gasteiger partial charge in [-0.3, -0.25) is 9.59 Å². The molecule has 2 aromatic rings. The van der Waals surface area contributed by atoms with Gasteiger partial charge in [0.15, 0.2) is 6.10 Å². The van der Waals surface area contributed by atoms with Crippen LogP contribution in [0.25, 0.3) is 0 Å². The van der Waals surface area contributed by atoms with Gasteiger partial charge in [-0.05, 0) is 49.7 Å². The van der Waals surface area contributed by atoms with Crippen molar-refractivity contribution in [2.24, 2.45) is 0 Å². The first-order chi connectivity index (χ1) is 11.5. The molecule has 0 radical (unpaired) electrons. The van der Waals surface area contributed by atoms with Crippen LogP contribution in [-0.2, 0) is 9.59 Å². The molecule has 0 saturated heterocycles. The molecule has 126 valence electrons. The number of anilines is 2. The fourth-order valence-corrected chi connectivity index (χ4v) is 2.17. The molecule has 0 aliphatic heterocycles. The normalized spacial score (nSPS) is 11.5. The number of nitrogens with one attached hydrogen (secondary N) is 2. The summed E-state index contributed by atoms with van der Waals surface area (Å²) in [6, 6.07) is 14.5. The summed E-state index contributed by atoms with van der Waals surface area (Å²) >= 11 is 0. The number of ether oxygens (including phenoxy) is 1. The van der Waals surface area contributed by atoms with Gasteiger partial charge in [0.1, 0.15) is 5.75 Å². The number of hydrogen-bond donors (Lipinski definition) is 2. The average molecular weight is 326 g/mol. The molecule has 0 spiro atoms. The van der Waals surface area contributed by atoms with Crippen LogP contribution in [0.2, 0.25) is 0 Å². The molecule has 5 nitrogen and oxygen atoms in total. The van der Waals surface area contributed by atoms with E-state index in [-0.39, 0.29) is 11.8 Å². The molecule has 0 fully saturated rings. The van der Waals surface area contributed by atoms with Gasteiger partial charge in [0.05, 0.1) is 0 Å². The van der Waals surface area contributed by atoms with Crippen LogP contribution in [0.1, 0.15) is 25.8 Å². The molecule has 0 heterocycles. The van der Waals surface area contributed by atoms with E-state index >= 15 is 0 Å². The Hall–Kier alpha value is -2.82. The second-order valence-electron chi connectivity index (χ2n) is 5.58. The predicted molar refractivity (Wildman–Crippen MR) is 95.3 cm³/mol. The Kier molecular flexibility index (Phi) is 5.95. The zero-order valence-corrected chi connectivity index (χ0v) is 14.1. The largest absolute Gasteiger partial charge is 0.481 e. The van der Waals surface area contributed by atoms with Crippen molar-refractivity contribution in [2.45, 2.75) is 33.3 Å². The summed E-state index contributed by atoms with van der Waals surface area (Å²) in [5, 5.41) is 5.51. The Bertz CT molecular complexity index is 694. The maximum Gasteiger partial charge on any atom is 0.265 e. The SMILES string of the molecule is CC[C@@H](Oc1ccc(C)cc1)C(=O)Nc1ccc(NC(C)=O)cc1. The van der Waals surface area contributed by atoms with Crippen LogP contribution in [-0.4, -0.2) is 17.9 Å². The van der Waals surface area contributed by atoms with E-state index in [1.54, 1.807) is 24.3 Å². The molecule has 2 amide bonds. The van der Waals surface area contributed by atoms with E-state index in [4.69, 9.17) is 4.74 Å². The number of benzene rings is 2. The van der Waals surface area contributed by atoms with Gasteiger partial charge in [0.2, 0.25) is 5.91 Å². The van der Waals surface area contributed by atoms with Crippen molar-refractivity contribution >= 4 is 23.2 Å². The number of amides is 2. The van der Waals surface area contributed by atoms with E-state index in [0.717, 1.165) is 5.56 Å². The minimum absolute atomic E-state index is 0.135. The van der Waals surface area contributed by atoms with E-state index in [9.17, 15) is 9.59 Å². The van der Waals surface area contributed by atoms with E-state index < -0.39 is 6.10 Å². The molecule has 0 unspecified atom stereocenters. The third-order valence-corrected chi connectivity index (χ3v) is 3.44. The second-order valence-corrected chi connectivity index (χ2v) is 5.58. The zero-order valence-electron chi connectivity index (χ0n) is 14.1. The molecule has 1 atom stereocenters. The van der Waals surface area contributed by atoms with Crippen LogP contribution < -0.4 is 15.4 Å². The van der Waals surface area contributed by atoms with Crippen LogP contribution in [0.4, 0.5) is 11.4 Å². The Morgan fingerprint density at radius 3 is 2.00 bits per heavy atom. The summed E-state index contributed by atoms with van der Waals surface area (Å²) < 4.78 is 5.76. The number of carbonyl (C=O) groups is 2. The molecule has 0 aliphatic carbocycles. The Balaban J connectivity index is 1.98. The molecule has 0 bridgehead atoms. The van der Waals surface area contributed by atoms with Gasteiger partial charge in [-0.2, -0.15) is 0 Å². The second kappa shape index (κ2) is 8.15. The lowest BCUT2D eigenvalue weighted by Gasteiger charge is -2.17. The number of rotatable bonds is 6. The number of aryl methyl sites for hydroxylation is 1. The highest BCUT2D eigenvalue weighted by atomic mass is 16.5. The first kappa shape index (κ1) is 17.5. The van der Waals surface area contributed by atoms with Gasteiger partial charge in [-0.25, -0.2) is 0 Å². The van der Waals surface area contributed by atoms with Crippen LogP contribution in [0.15, 0.2) is 48.5 Å². The third-order valence-electron chi connectivity index (χ3n) is 3.44. The highest BCUT2D eigenvalue weighted by Crippen LogP contribution is 2.17.